The summed E-state index contributed by atoms with van der Waals surface area (Å²) in [6.45, 7) is 1.41. The fourth-order valence-electron chi connectivity index (χ4n) is 2.54. The second-order valence-corrected chi connectivity index (χ2v) is 8.52. The summed E-state index contributed by atoms with van der Waals surface area (Å²) in [6.07, 6.45) is 0.0865. The SMILES string of the molecule is CC(=O)Nc1cccc(NC(=O)Cc2csc(SCC(=O)Nc3ccc(F)cc3)n2)c1. The number of nitrogens with zero attached hydrogens (tertiary/aromatic N) is 1. The molecule has 7 nitrogen and oxygen atoms in total. The molecule has 0 saturated carbocycles. The maximum absolute atomic E-state index is 12.9. The van der Waals surface area contributed by atoms with Crippen LogP contribution >= 0.6 is 23.1 Å². The minimum atomic E-state index is -0.368. The Labute approximate surface area is 186 Å². The van der Waals surface area contributed by atoms with Crippen molar-refractivity contribution in [2.75, 3.05) is 21.7 Å². The van der Waals surface area contributed by atoms with Gasteiger partial charge in [-0.2, -0.15) is 0 Å². The van der Waals surface area contributed by atoms with Crippen molar-refractivity contribution in [2.24, 2.45) is 0 Å². The summed E-state index contributed by atoms with van der Waals surface area (Å²) in [4.78, 5) is 39.8. The highest BCUT2D eigenvalue weighted by molar-refractivity contribution is 8.01. The number of aromatic nitrogens is 1. The van der Waals surface area contributed by atoms with Crippen molar-refractivity contribution < 1.29 is 18.8 Å². The highest BCUT2D eigenvalue weighted by Crippen LogP contribution is 2.23. The van der Waals surface area contributed by atoms with Crippen LogP contribution in [0.25, 0.3) is 0 Å². The molecule has 3 aromatic rings. The molecule has 10 heteroatoms. The van der Waals surface area contributed by atoms with Crippen molar-refractivity contribution in [3.8, 4) is 0 Å². The lowest BCUT2D eigenvalue weighted by Gasteiger charge is -2.07. The van der Waals surface area contributed by atoms with Crippen LogP contribution in [0.1, 0.15) is 12.6 Å². The quantitative estimate of drug-likeness (QED) is 0.440. The van der Waals surface area contributed by atoms with Crippen molar-refractivity contribution in [1.82, 2.24) is 4.98 Å². The number of thiazole rings is 1. The lowest BCUT2D eigenvalue weighted by Crippen LogP contribution is -2.15. The number of hydrogen-bond acceptors (Lipinski definition) is 6. The Morgan fingerprint density at radius 2 is 1.65 bits per heavy atom. The molecular weight excluding hydrogens is 439 g/mol. The van der Waals surface area contributed by atoms with Gasteiger partial charge in [-0.1, -0.05) is 17.8 Å². The molecule has 160 valence electrons. The van der Waals surface area contributed by atoms with Crippen molar-refractivity contribution in [3.63, 3.8) is 0 Å². The molecule has 0 aliphatic carbocycles. The molecule has 0 aliphatic heterocycles. The van der Waals surface area contributed by atoms with Gasteiger partial charge in [-0.05, 0) is 42.5 Å². The number of nitrogens with one attached hydrogen (secondary N) is 3. The molecule has 0 aliphatic rings. The summed E-state index contributed by atoms with van der Waals surface area (Å²) in [5.74, 6) is -0.887. The summed E-state index contributed by atoms with van der Waals surface area (Å²) in [5.41, 5.74) is 2.28. The zero-order valence-corrected chi connectivity index (χ0v) is 18.1. The fourth-order valence-corrected chi connectivity index (χ4v) is 4.19. The summed E-state index contributed by atoms with van der Waals surface area (Å²) < 4.78 is 13.6. The van der Waals surface area contributed by atoms with Crippen molar-refractivity contribution >= 4 is 57.9 Å². The average molecular weight is 459 g/mol. The van der Waals surface area contributed by atoms with Gasteiger partial charge in [0, 0.05) is 29.4 Å². The third kappa shape index (κ3) is 7.50. The zero-order chi connectivity index (χ0) is 22.2. The van der Waals surface area contributed by atoms with E-state index < -0.39 is 0 Å². The molecule has 3 N–H and O–H groups in total. The van der Waals surface area contributed by atoms with Crippen LogP contribution in [0, 0.1) is 5.82 Å². The topological polar surface area (TPSA) is 100 Å². The average Bonchev–Trinajstić information content (AvgIpc) is 3.15. The number of hydrogen-bond donors (Lipinski definition) is 3. The Bertz CT molecular complexity index is 1090. The fraction of sp³-hybridized carbons (Fsp3) is 0.143. The van der Waals surface area contributed by atoms with Gasteiger partial charge in [-0.15, -0.1) is 11.3 Å². The Morgan fingerprint density at radius 1 is 0.968 bits per heavy atom. The van der Waals surface area contributed by atoms with E-state index in [4.69, 9.17) is 0 Å². The minimum Gasteiger partial charge on any atom is -0.326 e. The van der Waals surface area contributed by atoms with E-state index in [1.807, 2.05) is 0 Å². The number of carbonyl (C=O) groups is 3. The van der Waals surface area contributed by atoms with Gasteiger partial charge in [-0.25, -0.2) is 9.37 Å². The van der Waals surface area contributed by atoms with E-state index in [-0.39, 0.29) is 35.7 Å². The van der Waals surface area contributed by atoms with Crippen LogP contribution in [0.4, 0.5) is 21.5 Å². The van der Waals surface area contributed by atoms with Crippen LogP contribution in [-0.4, -0.2) is 28.5 Å². The predicted octanol–water partition coefficient (Wildman–Crippen LogP) is 4.15. The Balaban J connectivity index is 1.47. The van der Waals surface area contributed by atoms with E-state index in [1.165, 1.54) is 54.3 Å². The predicted molar refractivity (Wildman–Crippen MR) is 121 cm³/mol. The summed E-state index contributed by atoms with van der Waals surface area (Å²) >= 11 is 2.61. The van der Waals surface area contributed by atoms with E-state index in [0.717, 1.165) is 0 Å². The molecule has 0 spiro atoms. The number of anilines is 3. The minimum absolute atomic E-state index is 0.0865. The first-order valence-corrected chi connectivity index (χ1v) is 11.0. The third-order valence-electron chi connectivity index (χ3n) is 3.79. The number of thioether (sulfide) groups is 1. The number of rotatable bonds is 8. The lowest BCUT2D eigenvalue weighted by molar-refractivity contribution is -0.116. The first-order valence-electron chi connectivity index (χ1n) is 9.17. The summed E-state index contributed by atoms with van der Waals surface area (Å²) in [5, 5.41) is 9.88. The third-order valence-corrected chi connectivity index (χ3v) is 5.86. The Morgan fingerprint density at radius 3 is 2.35 bits per heavy atom. The number of benzene rings is 2. The molecule has 2 aromatic carbocycles. The molecular formula is C21H19FN4O3S2. The van der Waals surface area contributed by atoms with E-state index >= 15 is 0 Å². The smallest absolute Gasteiger partial charge is 0.234 e. The molecule has 0 radical (unpaired) electrons. The van der Waals surface area contributed by atoms with Crippen LogP contribution in [0.5, 0.6) is 0 Å². The molecule has 3 rings (SSSR count). The largest absolute Gasteiger partial charge is 0.326 e. The Kier molecular flexibility index (Phi) is 7.74. The molecule has 1 aromatic heterocycles. The molecule has 0 saturated heterocycles. The van der Waals surface area contributed by atoms with Gasteiger partial charge in [0.25, 0.3) is 0 Å². The second-order valence-electron chi connectivity index (χ2n) is 6.44. The summed E-state index contributed by atoms with van der Waals surface area (Å²) in [6, 6.07) is 12.4. The normalized spacial score (nSPS) is 10.4. The summed E-state index contributed by atoms with van der Waals surface area (Å²) in [7, 11) is 0. The first-order chi connectivity index (χ1) is 14.9. The first kappa shape index (κ1) is 22.4. The number of carbonyl (C=O) groups excluding carboxylic acids is 3. The van der Waals surface area contributed by atoms with Crippen molar-refractivity contribution in [1.29, 1.82) is 0 Å². The molecule has 0 atom stereocenters. The lowest BCUT2D eigenvalue weighted by atomic mass is 10.2. The molecule has 0 unspecified atom stereocenters. The zero-order valence-electron chi connectivity index (χ0n) is 16.5. The van der Waals surface area contributed by atoms with Crippen LogP contribution < -0.4 is 16.0 Å². The maximum Gasteiger partial charge on any atom is 0.234 e. The number of halogens is 1. The highest BCUT2D eigenvalue weighted by atomic mass is 32.2. The van der Waals surface area contributed by atoms with Crippen LogP contribution in [0.15, 0.2) is 58.3 Å². The number of amides is 3. The van der Waals surface area contributed by atoms with Crippen LogP contribution in [-0.2, 0) is 20.8 Å². The van der Waals surface area contributed by atoms with Gasteiger partial charge < -0.3 is 16.0 Å². The van der Waals surface area contributed by atoms with Crippen LogP contribution in [0.3, 0.4) is 0 Å². The van der Waals surface area contributed by atoms with Crippen molar-refractivity contribution in [3.05, 3.63) is 65.4 Å². The molecule has 0 fully saturated rings. The van der Waals surface area contributed by atoms with Gasteiger partial charge in [-0.3, -0.25) is 14.4 Å². The van der Waals surface area contributed by atoms with E-state index in [0.29, 0.717) is 27.1 Å². The van der Waals surface area contributed by atoms with E-state index in [1.54, 1.807) is 29.6 Å². The van der Waals surface area contributed by atoms with Crippen molar-refractivity contribution in [2.45, 2.75) is 17.7 Å². The van der Waals surface area contributed by atoms with Gasteiger partial charge >= 0.3 is 0 Å². The second kappa shape index (κ2) is 10.7. The standard InChI is InChI=1S/C21H19FN4O3S2/c1-13(27)23-16-3-2-4-17(9-16)25-19(28)10-18-11-30-21(26-18)31-12-20(29)24-15-7-5-14(22)6-8-15/h2-9,11H,10,12H2,1H3,(H,23,27)(H,24,29)(H,25,28). The monoisotopic (exact) mass is 458 g/mol. The maximum atomic E-state index is 12.9. The highest BCUT2D eigenvalue weighted by Gasteiger charge is 2.11. The van der Waals surface area contributed by atoms with Gasteiger partial charge in [0.05, 0.1) is 17.9 Å². The van der Waals surface area contributed by atoms with Crippen LogP contribution in [0.2, 0.25) is 0 Å². The Hall–Kier alpha value is -3.24. The van der Waals surface area contributed by atoms with Gasteiger partial charge in [0.15, 0.2) is 4.34 Å². The van der Waals surface area contributed by atoms with Gasteiger partial charge in [0.2, 0.25) is 17.7 Å². The molecule has 1 heterocycles. The van der Waals surface area contributed by atoms with E-state index in [9.17, 15) is 18.8 Å². The molecule has 3 amide bonds. The van der Waals surface area contributed by atoms with Gasteiger partial charge in [0.1, 0.15) is 5.82 Å². The van der Waals surface area contributed by atoms with E-state index in [2.05, 4.69) is 20.9 Å². The molecule has 0 bridgehead atoms. The molecule has 31 heavy (non-hydrogen) atoms.